The molecule has 0 N–H and O–H groups in total. The molecule has 4 rings (SSSR count). The van der Waals surface area contributed by atoms with Crippen molar-refractivity contribution < 1.29 is 4.79 Å². The van der Waals surface area contributed by atoms with Crippen LogP contribution < -0.4 is 0 Å². The number of piperidine rings is 1. The molecule has 2 aliphatic heterocycles. The number of nitrogens with zero attached hydrogens (tertiary/aromatic N) is 3. The van der Waals surface area contributed by atoms with Crippen LogP contribution in [0.15, 0.2) is 54.7 Å². The molecule has 2 aromatic rings. The van der Waals surface area contributed by atoms with Crippen LogP contribution >= 0.6 is 0 Å². The zero-order valence-corrected chi connectivity index (χ0v) is 14.8. The number of amides is 1. The number of likely N-dealkylation sites (N-methyl/N-ethyl adjacent to an activating group) is 1. The van der Waals surface area contributed by atoms with Crippen molar-refractivity contribution in [3.8, 4) is 0 Å². The summed E-state index contributed by atoms with van der Waals surface area (Å²) in [7, 11) is 2.00. The normalized spacial score (nSPS) is 23.3. The summed E-state index contributed by atoms with van der Waals surface area (Å²) in [5, 5.41) is 0. The molecule has 130 valence electrons. The summed E-state index contributed by atoms with van der Waals surface area (Å²) in [6, 6.07) is 16.3. The lowest BCUT2D eigenvalue weighted by molar-refractivity contribution is -0.131. The van der Waals surface area contributed by atoms with Crippen molar-refractivity contribution in [3.05, 3.63) is 66.0 Å². The Morgan fingerprint density at radius 3 is 2.48 bits per heavy atom. The number of benzene rings is 1. The highest BCUT2D eigenvalue weighted by atomic mass is 16.2. The molecule has 1 aromatic heterocycles. The Labute approximate surface area is 149 Å². The first-order chi connectivity index (χ1) is 12.2. The van der Waals surface area contributed by atoms with Crippen molar-refractivity contribution in [2.75, 3.05) is 20.1 Å². The summed E-state index contributed by atoms with van der Waals surface area (Å²) >= 11 is 0. The average molecular weight is 335 g/mol. The fraction of sp³-hybridized carbons (Fsp3) is 0.429. The molecule has 0 bridgehead atoms. The van der Waals surface area contributed by atoms with Crippen LogP contribution in [0.4, 0.5) is 0 Å². The van der Waals surface area contributed by atoms with Gasteiger partial charge in [0.25, 0.3) is 0 Å². The summed E-state index contributed by atoms with van der Waals surface area (Å²) in [4.78, 5) is 21.8. The van der Waals surface area contributed by atoms with Gasteiger partial charge in [0.1, 0.15) is 0 Å². The summed E-state index contributed by atoms with van der Waals surface area (Å²) in [5.74, 6) is 0.304. The minimum atomic E-state index is 0.0218. The highest BCUT2D eigenvalue weighted by molar-refractivity contribution is 5.87. The van der Waals surface area contributed by atoms with Crippen molar-refractivity contribution in [3.63, 3.8) is 0 Å². The van der Waals surface area contributed by atoms with Gasteiger partial charge in [0.2, 0.25) is 5.91 Å². The van der Waals surface area contributed by atoms with Crippen LogP contribution in [0.3, 0.4) is 0 Å². The highest BCUT2D eigenvalue weighted by Gasteiger charge is 2.50. The Balaban J connectivity index is 1.44. The lowest BCUT2D eigenvalue weighted by atomic mass is 9.81. The first-order valence-electron chi connectivity index (χ1n) is 9.13. The van der Waals surface area contributed by atoms with Gasteiger partial charge in [-0.15, -0.1) is 0 Å². The van der Waals surface area contributed by atoms with E-state index in [1.807, 2.05) is 48.5 Å². The molecule has 25 heavy (non-hydrogen) atoms. The van der Waals surface area contributed by atoms with E-state index in [1.54, 1.807) is 0 Å². The van der Waals surface area contributed by atoms with E-state index in [2.05, 4.69) is 28.1 Å². The van der Waals surface area contributed by atoms with E-state index >= 15 is 0 Å². The third-order valence-electron chi connectivity index (χ3n) is 6.02. The Bertz CT molecular complexity index is 723. The van der Waals surface area contributed by atoms with Gasteiger partial charge in [-0.05, 0) is 37.0 Å². The van der Waals surface area contributed by atoms with E-state index in [0.717, 1.165) is 50.2 Å². The van der Waals surface area contributed by atoms with Crippen LogP contribution in [-0.4, -0.2) is 46.4 Å². The molecule has 1 amide bonds. The summed E-state index contributed by atoms with van der Waals surface area (Å²) in [6.07, 6.45) is 4.90. The molecule has 0 saturated carbocycles. The molecular weight excluding hydrogens is 310 g/mol. The second-order valence-corrected chi connectivity index (χ2v) is 7.39. The van der Waals surface area contributed by atoms with Gasteiger partial charge < -0.3 is 4.90 Å². The van der Waals surface area contributed by atoms with Gasteiger partial charge in [-0.3, -0.25) is 14.7 Å². The third-order valence-corrected chi connectivity index (χ3v) is 6.02. The van der Waals surface area contributed by atoms with Crippen molar-refractivity contribution in [2.24, 2.45) is 0 Å². The molecule has 1 atom stereocenters. The van der Waals surface area contributed by atoms with Crippen LogP contribution in [0.2, 0.25) is 0 Å². The maximum absolute atomic E-state index is 12.9. The monoisotopic (exact) mass is 335 g/mol. The SMILES string of the molecule is CN1C(=O)C(c2ccccc2)CC12CCN(Cc1ccccn1)CC2. The molecule has 3 heterocycles. The number of aromatic nitrogens is 1. The Kier molecular flexibility index (Phi) is 4.30. The smallest absolute Gasteiger partial charge is 0.230 e. The first kappa shape index (κ1) is 16.3. The van der Waals surface area contributed by atoms with E-state index in [1.165, 1.54) is 0 Å². The second kappa shape index (κ2) is 6.60. The quantitative estimate of drug-likeness (QED) is 0.865. The topological polar surface area (TPSA) is 36.4 Å². The number of carbonyl (C=O) groups is 1. The minimum Gasteiger partial charge on any atom is -0.339 e. The summed E-state index contributed by atoms with van der Waals surface area (Å²) < 4.78 is 0. The van der Waals surface area contributed by atoms with Crippen LogP contribution in [0.25, 0.3) is 0 Å². The van der Waals surface area contributed by atoms with E-state index < -0.39 is 0 Å². The van der Waals surface area contributed by atoms with Crippen molar-refractivity contribution in [2.45, 2.75) is 37.3 Å². The predicted octanol–water partition coefficient (Wildman–Crippen LogP) is 3.06. The molecule has 0 aliphatic carbocycles. The minimum absolute atomic E-state index is 0.0218. The number of hydrogen-bond acceptors (Lipinski definition) is 3. The molecule has 2 aliphatic rings. The number of carbonyl (C=O) groups excluding carboxylic acids is 1. The molecule has 4 heteroatoms. The van der Waals surface area contributed by atoms with E-state index in [9.17, 15) is 4.79 Å². The number of pyridine rings is 1. The lowest BCUT2D eigenvalue weighted by Crippen LogP contribution is -2.51. The van der Waals surface area contributed by atoms with Crippen LogP contribution in [0.5, 0.6) is 0 Å². The van der Waals surface area contributed by atoms with Gasteiger partial charge in [-0.25, -0.2) is 0 Å². The van der Waals surface area contributed by atoms with Crippen molar-refractivity contribution in [1.29, 1.82) is 0 Å². The Hall–Kier alpha value is -2.20. The second-order valence-electron chi connectivity index (χ2n) is 7.39. The average Bonchev–Trinajstić information content (AvgIpc) is 2.91. The number of hydrogen-bond donors (Lipinski definition) is 0. The zero-order valence-electron chi connectivity index (χ0n) is 14.8. The summed E-state index contributed by atoms with van der Waals surface area (Å²) in [5.41, 5.74) is 2.31. The highest BCUT2D eigenvalue weighted by Crippen LogP contribution is 2.44. The van der Waals surface area contributed by atoms with Gasteiger partial charge in [0.15, 0.2) is 0 Å². The van der Waals surface area contributed by atoms with E-state index in [-0.39, 0.29) is 17.4 Å². The van der Waals surface area contributed by atoms with Crippen molar-refractivity contribution in [1.82, 2.24) is 14.8 Å². The van der Waals surface area contributed by atoms with Gasteiger partial charge in [0.05, 0.1) is 11.6 Å². The summed E-state index contributed by atoms with van der Waals surface area (Å²) in [6.45, 7) is 2.95. The van der Waals surface area contributed by atoms with Crippen LogP contribution in [0.1, 0.15) is 36.4 Å². The van der Waals surface area contributed by atoms with Crippen LogP contribution in [-0.2, 0) is 11.3 Å². The predicted molar refractivity (Wildman–Crippen MR) is 98.0 cm³/mol. The molecule has 1 spiro atoms. The third kappa shape index (κ3) is 3.07. The molecule has 4 nitrogen and oxygen atoms in total. The Morgan fingerprint density at radius 2 is 1.80 bits per heavy atom. The maximum Gasteiger partial charge on any atom is 0.230 e. The largest absolute Gasteiger partial charge is 0.339 e. The zero-order chi connectivity index (χ0) is 17.3. The maximum atomic E-state index is 12.9. The van der Waals surface area contributed by atoms with Gasteiger partial charge in [0, 0.05) is 38.4 Å². The van der Waals surface area contributed by atoms with Crippen LogP contribution in [0, 0.1) is 0 Å². The van der Waals surface area contributed by atoms with Gasteiger partial charge >= 0.3 is 0 Å². The van der Waals surface area contributed by atoms with E-state index in [4.69, 9.17) is 0 Å². The lowest BCUT2D eigenvalue weighted by Gasteiger charge is -2.43. The standard InChI is InChI=1S/C21H25N3O/c1-23-20(25)19(17-7-3-2-4-8-17)15-21(23)10-13-24(14-11-21)16-18-9-5-6-12-22-18/h2-9,12,19H,10-11,13-16H2,1H3. The number of likely N-dealkylation sites (tertiary alicyclic amines) is 2. The van der Waals surface area contributed by atoms with E-state index in [0.29, 0.717) is 0 Å². The first-order valence-corrected chi connectivity index (χ1v) is 9.13. The molecule has 1 aromatic carbocycles. The van der Waals surface area contributed by atoms with Gasteiger partial charge in [-0.2, -0.15) is 0 Å². The molecule has 2 saturated heterocycles. The molecule has 1 unspecified atom stereocenters. The fourth-order valence-electron chi connectivity index (χ4n) is 4.41. The molecular formula is C21H25N3O. The van der Waals surface area contributed by atoms with Gasteiger partial charge in [-0.1, -0.05) is 36.4 Å². The molecule has 2 fully saturated rings. The number of rotatable bonds is 3. The van der Waals surface area contributed by atoms with Crippen molar-refractivity contribution >= 4 is 5.91 Å². The Morgan fingerprint density at radius 1 is 1.08 bits per heavy atom. The molecule has 0 radical (unpaired) electrons. The fourth-order valence-corrected chi connectivity index (χ4v) is 4.41.